The van der Waals surface area contributed by atoms with E-state index < -0.39 is 12.9 Å². The molecule has 4 heteroatoms. The summed E-state index contributed by atoms with van der Waals surface area (Å²) >= 11 is 0. The van der Waals surface area contributed by atoms with E-state index in [1.54, 1.807) is 0 Å². The van der Waals surface area contributed by atoms with Crippen LogP contribution in [0.15, 0.2) is 30.3 Å². The molecule has 0 saturated carbocycles. The summed E-state index contributed by atoms with van der Waals surface area (Å²) in [6.07, 6.45) is -2.27. The average molecular weight is 210 g/mol. The van der Waals surface area contributed by atoms with Gasteiger partial charge in [0, 0.05) is 10.6 Å². The standard InChI is InChI=1S/C11H16N4/c1-9(12)15-11(13)14-8-7-10-5-3-2-4-6-10/h2-6H,7-8H2,1H3,(H4,12,13,14,15)/i2D,3D,4D,7D2,8D. The SMILES string of the molecule is [2H]c1cc(C([2H])([2H])C([2H])NC(=N)NC(C)=N)cc([2H])c1[2H]. The molecule has 0 aliphatic rings. The second kappa shape index (κ2) is 5.80. The number of nitrogens with one attached hydrogen (secondary N) is 4. The molecule has 0 spiro atoms. The van der Waals surface area contributed by atoms with E-state index in [1.165, 1.54) is 6.92 Å². The van der Waals surface area contributed by atoms with Gasteiger partial charge in [-0.25, -0.2) is 0 Å². The highest BCUT2D eigenvalue weighted by Crippen LogP contribution is 1.97. The van der Waals surface area contributed by atoms with Crippen molar-refractivity contribution >= 4 is 11.8 Å². The van der Waals surface area contributed by atoms with Crippen LogP contribution in [0.2, 0.25) is 0 Å². The summed E-state index contributed by atoms with van der Waals surface area (Å²) in [7, 11) is 0. The Labute approximate surface area is 98.2 Å². The molecule has 1 rings (SSSR count). The van der Waals surface area contributed by atoms with Crippen LogP contribution in [0.3, 0.4) is 0 Å². The van der Waals surface area contributed by atoms with E-state index >= 15 is 0 Å². The number of rotatable bonds is 3. The van der Waals surface area contributed by atoms with Crippen LogP contribution in [0, 0.1) is 10.8 Å². The summed E-state index contributed by atoms with van der Waals surface area (Å²) in [4.78, 5) is 0. The van der Waals surface area contributed by atoms with Crippen LogP contribution in [-0.4, -0.2) is 18.3 Å². The van der Waals surface area contributed by atoms with Gasteiger partial charge in [0.2, 0.25) is 0 Å². The minimum absolute atomic E-state index is 0.0271. The van der Waals surface area contributed by atoms with E-state index in [1.807, 2.05) is 0 Å². The van der Waals surface area contributed by atoms with Crippen molar-refractivity contribution in [2.24, 2.45) is 0 Å². The lowest BCUT2D eigenvalue weighted by Crippen LogP contribution is -2.39. The van der Waals surface area contributed by atoms with Crippen LogP contribution in [0.4, 0.5) is 0 Å². The van der Waals surface area contributed by atoms with E-state index in [4.69, 9.17) is 19.0 Å². The zero-order valence-electron chi connectivity index (χ0n) is 14.2. The van der Waals surface area contributed by atoms with Crippen LogP contribution in [0.5, 0.6) is 0 Å². The van der Waals surface area contributed by atoms with Crippen LogP contribution in [0.25, 0.3) is 0 Å². The molecule has 1 atom stereocenters. The summed E-state index contributed by atoms with van der Waals surface area (Å²) in [5, 5.41) is 19.2. The van der Waals surface area contributed by atoms with Gasteiger partial charge in [-0.05, 0) is 18.9 Å². The Morgan fingerprint density at radius 2 is 2.07 bits per heavy atom. The molecule has 4 N–H and O–H groups in total. The van der Waals surface area contributed by atoms with E-state index in [0.717, 1.165) is 12.1 Å². The molecule has 0 bridgehead atoms. The second-order valence-electron chi connectivity index (χ2n) is 2.72. The monoisotopic (exact) mass is 210 g/mol. The average Bonchev–Trinajstić information content (AvgIpc) is 2.33. The highest BCUT2D eigenvalue weighted by Gasteiger charge is 1.95. The maximum absolute atomic E-state index is 7.92. The molecular formula is C11H16N4. The van der Waals surface area contributed by atoms with E-state index in [2.05, 4.69) is 10.6 Å². The van der Waals surface area contributed by atoms with Gasteiger partial charge < -0.3 is 10.6 Å². The predicted octanol–water partition coefficient (Wildman–Crippen LogP) is 1.34. The first kappa shape index (κ1) is 5.30. The zero-order valence-corrected chi connectivity index (χ0v) is 8.23. The van der Waals surface area contributed by atoms with E-state index in [9.17, 15) is 0 Å². The van der Waals surface area contributed by atoms with E-state index in [0.29, 0.717) is 0 Å². The lowest BCUT2D eigenvalue weighted by atomic mass is 10.1. The summed E-state index contributed by atoms with van der Waals surface area (Å²) < 4.78 is 46.1. The second-order valence-corrected chi connectivity index (χ2v) is 2.72. The highest BCUT2D eigenvalue weighted by atomic mass is 15.1. The number of amidine groups is 1. The predicted molar refractivity (Wildman–Crippen MR) is 62.4 cm³/mol. The van der Waals surface area contributed by atoms with Crippen molar-refractivity contribution in [3.8, 4) is 0 Å². The largest absolute Gasteiger partial charge is 0.356 e. The molecule has 0 saturated heterocycles. The fourth-order valence-corrected chi connectivity index (χ4v) is 0.810. The summed E-state index contributed by atoms with van der Waals surface area (Å²) in [6.45, 7) is -0.178. The van der Waals surface area contributed by atoms with Crippen LogP contribution < -0.4 is 10.6 Å². The summed E-state index contributed by atoms with van der Waals surface area (Å²) in [6, 6.07) is 1.30. The maximum Gasteiger partial charge on any atom is 0.193 e. The first-order valence-corrected chi connectivity index (χ1v) is 4.23. The third kappa shape index (κ3) is 4.81. The van der Waals surface area contributed by atoms with Crippen molar-refractivity contribution in [1.29, 1.82) is 10.8 Å². The number of benzene rings is 1. The van der Waals surface area contributed by atoms with Gasteiger partial charge in [0.25, 0.3) is 0 Å². The Morgan fingerprint density at radius 3 is 2.67 bits per heavy atom. The number of hydrogen-bond acceptors (Lipinski definition) is 2. The van der Waals surface area contributed by atoms with Gasteiger partial charge in [-0.15, -0.1) is 0 Å². The molecule has 1 unspecified atom stereocenters. The Hall–Kier alpha value is -1.84. The molecule has 1 aromatic rings. The van der Waals surface area contributed by atoms with Crippen molar-refractivity contribution in [3.05, 3.63) is 35.8 Å². The van der Waals surface area contributed by atoms with Gasteiger partial charge in [-0.3, -0.25) is 10.8 Å². The first-order valence-electron chi connectivity index (χ1n) is 7.31. The molecule has 0 radical (unpaired) electrons. The number of guanidine groups is 1. The molecule has 4 nitrogen and oxygen atoms in total. The van der Waals surface area contributed by atoms with Crippen molar-refractivity contribution in [2.45, 2.75) is 13.3 Å². The normalized spacial score (nSPS) is 18.2. The van der Waals surface area contributed by atoms with Crippen LogP contribution in [0.1, 0.15) is 20.7 Å². The molecule has 15 heavy (non-hydrogen) atoms. The molecule has 1 aromatic carbocycles. The minimum Gasteiger partial charge on any atom is -0.356 e. The number of hydrogen-bond donors (Lipinski definition) is 4. The Bertz CT molecular complexity index is 551. The van der Waals surface area contributed by atoms with Crippen LogP contribution >= 0.6 is 0 Å². The Morgan fingerprint density at radius 1 is 1.40 bits per heavy atom. The summed E-state index contributed by atoms with van der Waals surface area (Å²) in [5.74, 6) is -0.415. The van der Waals surface area contributed by atoms with Crippen molar-refractivity contribution in [3.63, 3.8) is 0 Å². The fourth-order valence-electron chi connectivity index (χ4n) is 0.810. The lowest BCUT2D eigenvalue weighted by Gasteiger charge is -2.08. The molecule has 80 valence electrons. The molecule has 0 aliphatic heterocycles. The molecule has 0 fully saturated rings. The maximum atomic E-state index is 7.92. The van der Waals surface area contributed by atoms with Gasteiger partial charge in [0.05, 0.1) is 9.95 Å². The molecule has 0 aromatic heterocycles. The summed E-state index contributed by atoms with van der Waals surface area (Å²) in [5.41, 5.74) is -0.0830. The van der Waals surface area contributed by atoms with Gasteiger partial charge >= 0.3 is 0 Å². The van der Waals surface area contributed by atoms with Crippen molar-refractivity contribution < 1.29 is 8.22 Å². The Balaban J connectivity index is 2.99. The van der Waals surface area contributed by atoms with Gasteiger partial charge in [0.15, 0.2) is 5.96 Å². The fraction of sp³-hybridized carbons (Fsp3) is 0.273. The quantitative estimate of drug-likeness (QED) is 0.449. The first-order chi connectivity index (χ1) is 9.55. The minimum atomic E-state index is -2.27. The van der Waals surface area contributed by atoms with Gasteiger partial charge in [-0.2, -0.15) is 0 Å². The molecule has 0 heterocycles. The van der Waals surface area contributed by atoms with Crippen molar-refractivity contribution in [1.82, 2.24) is 10.6 Å². The van der Waals surface area contributed by atoms with Crippen molar-refractivity contribution in [2.75, 3.05) is 6.52 Å². The van der Waals surface area contributed by atoms with E-state index in [-0.39, 0.29) is 35.5 Å². The topological polar surface area (TPSA) is 71.8 Å². The number of aryl methyl sites for hydroxylation is 1. The van der Waals surface area contributed by atoms with Gasteiger partial charge in [0.1, 0.15) is 0 Å². The third-order valence-electron chi connectivity index (χ3n) is 1.37. The highest BCUT2D eigenvalue weighted by molar-refractivity contribution is 5.95. The lowest BCUT2D eigenvalue weighted by molar-refractivity contribution is 0.842. The van der Waals surface area contributed by atoms with Gasteiger partial charge in [-0.1, -0.05) is 30.3 Å². The molecule has 0 amide bonds. The Kier molecular flexibility index (Phi) is 2.05. The molecule has 0 aliphatic carbocycles. The van der Waals surface area contributed by atoms with Crippen LogP contribution in [-0.2, 0) is 6.37 Å². The zero-order chi connectivity index (χ0) is 16.4. The smallest absolute Gasteiger partial charge is 0.193 e. The molecular weight excluding hydrogens is 188 g/mol. The third-order valence-corrected chi connectivity index (χ3v) is 1.37.